The summed E-state index contributed by atoms with van der Waals surface area (Å²) in [5.41, 5.74) is 0.520. The number of carbonyl (C=O) groups is 2. The van der Waals surface area contributed by atoms with Crippen molar-refractivity contribution in [1.29, 1.82) is 0 Å². The van der Waals surface area contributed by atoms with E-state index in [-0.39, 0.29) is 30.2 Å². The molecule has 0 radical (unpaired) electrons. The number of nitrogens with one attached hydrogen (secondary N) is 1. The normalized spacial score (nSPS) is 17.4. The maximum Gasteiger partial charge on any atom is 0.337 e. The number of carboxylic acids is 1. The molecule has 1 aliphatic rings. The van der Waals surface area contributed by atoms with Crippen molar-refractivity contribution in [1.82, 2.24) is 9.03 Å². The molecule has 8 nitrogen and oxygen atoms in total. The fourth-order valence-electron chi connectivity index (χ4n) is 3.39. The molecular weight excluding hydrogens is 551 g/mol. The fraction of sp³-hybridized carbons (Fsp3) is 0.333. The van der Waals surface area contributed by atoms with Crippen molar-refractivity contribution >= 4 is 57.0 Å². The molecule has 194 valence electrons. The van der Waals surface area contributed by atoms with Crippen LogP contribution < -0.4 is 4.72 Å². The van der Waals surface area contributed by atoms with Gasteiger partial charge in [0.25, 0.3) is 0 Å². The molecule has 0 spiro atoms. The lowest BCUT2D eigenvalue weighted by atomic mass is 9.90. The van der Waals surface area contributed by atoms with E-state index in [1.165, 1.54) is 19.9 Å². The lowest BCUT2D eigenvalue weighted by Crippen LogP contribution is -2.47. The largest absolute Gasteiger partial charge is 0.481 e. The highest BCUT2D eigenvalue weighted by Gasteiger charge is 2.38. The minimum absolute atomic E-state index is 0.00158. The summed E-state index contributed by atoms with van der Waals surface area (Å²) in [6, 6.07) is 8.64. The molecule has 0 saturated carbocycles. The summed E-state index contributed by atoms with van der Waals surface area (Å²) in [5.74, 6) is -1.87. The van der Waals surface area contributed by atoms with Crippen LogP contribution in [0.5, 0.6) is 0 Å². The summed E-state index contributed by atoms with van der Waals surface area (Å²) in [6.45, 7) is 4.45. The van der Waals surface area contributed by atoms with Crippen molar-refractivity contribution in [3.05, 3.63) is 79.9 Å². The Labute approximate surface area is 225 Å². The number of benzene rings is 2. The number of halogens is 3. The van der Waals surface area contributed by atoms with Crippen molar-refractivity contribution < 1.29 is 27.9 Å². The van der Waals surface area contributed by atoms with Crippen LogP contribution >= 0.6 is 34.8 Å². The van der Waals surface area contributed by atoms with Crippen molar-refractivity contribution in [3.63, 3.8) is 0 Å². The number of hydrogen-bond acceptors (Lipinski definition) is 5. The molecule has 36 heavy (non-hydrogen) atoms. The number of carbonyl (C=O) groups excluding carboxylic acids is 1. The second-order valence-electron chi connectivity index (χ2n) is 9.03. The van der Waals surface area contributed by atoms with E-state index in [4.69, 9.17) is 39.5 Å². The lowest BCUT2D eigenvalue weighted by molar-refractivity contribution is -0.147. The Hall–Kier alpha value is -2.30. The van der Waals surface area contributed by atoms with Gasteiger partial charge in [-0.25, -0.2) is 4.79 Å². The van der Waals surface area contributed by atoms with Crippen LogP contribution in [0, 0.1) is 12.3 Å². The van der Waals surface area contributed by atoms with Gasteiger partial charge in [0.1, 0.15) is 6.61 Å². The summed E-state index contributed by atoms with van der Waals surface area (Å²) in [7, 11) is -4.13. The van der Waals surface area contributed by atoms with Gasteiger partial charge >= 0.3 is 22.1 Å². The van der Waals surface area contributed by atoms with Gasteiger partial charge in [0.2, 0.25) is 0 Å². The van der Waals surface area contributed by atoms with E-state index in [0.717, 1.165) is 16.1 Å². The highest BCUT2D eigenvalue weighted by Crippen LogP contribution is 2.35. The van der Waals surface area contributed by atoms with E-state index in [9.17, 15) is 23.1 Å². The van der Waals surface area contributed by atoms with Crippen LogP contribution in [-0.4, -0.2) is 36.3 Å². The van der Waals surface area contributed by atoms with Gasteiger partial charge in [0, 0.05) is 33.4 Å². The third-order valence-corrected chi connectivity index (χ3v) is 8.14. The first kappa shape index (κ1) is 28.3. The Morgan fingerprint density at radius 1 is 1.11 bits per heavy atom. The minimum Gasteiger partial charge on any atom is -0.481 e. The first-order valence-corrected chi connectivity index (χ1v) is 13.4. The van der Waals surface area contributed by atoms with Crippen molar-refractivity contribution in [3.8, 4) is 0 Å². The molecule has 1 atom stereocenters. The predicted molar refractivity (Wildman–Crippen MR) is 138 cm³/mol. The number of ether oxygens (including phenoxy) is 1. The van der Waals surface area contributed by atoms with E-state index in [0.29, 0.717) is 21.2 Å². The predicted octanol–water partition coefficient (Wildman–Crippen LogP) is 5.27. The standard InChI is InChI=1S/C24H25Cl3N2O6S/c1-14-4-7-17(20(27)10-14)21-18(22(30)35-13-15-5-6-16(25)11-19(15)26)12-29(36(33,34)28-21)9-8-24(2,3)23(31)32/h4-7,10-12,21,28H,8-9,13H2,1-3H3,(H,31,32). The second kappa shape index (κ2) is 11.0. The van der Waals surface area contributed by atoms with Gasteiger partial charge in [-0.1, -0.05) is 53.0 Å². The van der Waals surface area contributed by atoms with Crippen LogP contribution in [0.2, 0.25) is 15.1 Å². The number of aliphatic carboxylic acids is 1. The van der Waals surface area contributed by atoms with Gasteiger partial charge in [-0.3, -0.25) is 9.10 Å². The van der Waals surface area contributed by atoms with Crippen molar-refractivity contribution in [2.24, 2.45) is 5.41 Å². The van der Waals surface area contributed by atoms with Crippen LogP contribution in [0.3, 0.4) is 0 Å². The van der Waals surface area contributed by atoms with Gasteiger partial charge < -0.3 is 9.84 Å². The highest BCUT2D eigenvalue weighted by atomic mass is 35.5. The first-order valence-electron chi connectivity index (χ1n) is 10.8. The van der Waals surface area contributed by atoms with Crippen molar-refractivity contribution in [2.75, 3.05) is 6.54 Å². The van der Waals surface area contributed by atoms with Crippen LogP contribution in [0.15, 0.2) is 48.2 Å². The molecule has 3 rings (SSSR count). The number of rotatable bonds is 8. The summed E-state index contributed by atoms with van der Waals surface area (Å²) in [5, 5.41) is 10.4. The maximum absolute atomic E-state index is 13.2. The molecule has 0 amide bonds. The molecule has 1 heterocycles. The second-order valence-corrected chi connectivity index (χ2v) is 11.9. The minimum atomic E-state index is -4.13. The number of aryl methyl sites for hydroxylation is 1. The van der Waals surface area contributed by atoms with Crippen LogP contribution in [0.4, 0.5) is 0 Å². The molecule has 1 unspecified atom stereocenters. The lowest BCUT2D eigenvalue weighted by Gasteiger charge is -2.33. The van der Waals surface area contributed by atoms with Gasteiger partial charge in [-0.15, -0.1) is 0 Å². The zero-order chi connectivity index (χ0) is 26.8. The van der Waals surface area contributed by atoms with E-state index in [1.807, 2.05) is 6.92 Å². The van der Waals surface area contributed by atoms with Gasteiger partial charge in [0.15, 0.2) is 0 Å². The topological polar surface area (TPSA) is 113 Å². The van der Waals surface area contributed by atoms with E-state index in [2.05, 4.69) is 4.72 Å². The van der Waals surface area contributed by atoms with Crippen LogP contribution in [0.1, 0.15) is 43.0 Å². The molecule has 0 bridgehead atoms. The fourth-order valence-corrected chi connectivity index (χ4v) is 5.47. The van der Waals surface area contributed by atoms with Crippen molar-refractivity contribution in [2.45, 2.75) is 39.8 Å². The molecule has 0 saturated heterocycles. The quantitative estimate of drug-likeness (QED) is 0.415. The third kappa shape index (κ3) is 6.52. The first-order chi connectivity index (χ1) is 16.7. The number of nitrogens with zero attached hydrogens (tertiary/aromatic N) is 1. The summed E-state index contributed by atoms with van der Waals surface area (Å²) < 4.78 is 35.0. The maximum atomic E-state index is 13.2. The number of carboxylic acid groups (broad SMARTS) is 1. The van der Waals surface area contributed by atoms with Crippen LogP contribution in [-0.2, 0) is 31.1 Å². The molecule has 2 N–H and O–H groups in total. The molecule has 0 aliphatic carbocycles. The molecule has 1 aliphatic heterocycles. The molecule has 0 fully saturated rings. The van der Waals surface area contributed by atoms with E-state index >= 15 is 0 Å². The Morgan fingerprint density at radius 3 is 2.42 bits per heavy atom. The Kier molecular flexibility index (Phi) is 8.63. The monoisotopic (exact) mass is 574 g/mol. The average molecular weight is 576 g/mol. The van der Waals surface area contributed by atoms with E-state index < -0.39 is 33.6 Å². The average Bonchev–Trinajstić information content (AvgIpc) is 2.77. The molecule has 0 aromatic heterocycles. The Bertz CT molecular complexity index is 1330. The molecule has 12 heteroatoms. The molecule has 2 aromatic rings. The van der Waals surface area contributed by atoms with Crippen LogP contribution in [0.25, 0.3) is 0 Å². The number of esters is 1. The Morgan fingerprint density at radius 2 is 1.81 bits per heavy atom. The zero-order valence-corrected chi connectivity index (χ0v) is 22.8. The Balaban J connectivity index is 1.97. The smallest absolute Gasteiger partial charge is 0.337 e. The van der Waals surface area contributed by atoms with Gasteiger partial charge in [-0.2, -0.15) is 13.1 Å². The molecular formula is C24H25Cl3N2O6S. The summed E-state index contributed by atoms with van der Waals surface area (Å²) in [4.78, 5) is 24.7. The van der Waals surface area contributed by atoms with Gasteiger partial charge in [0.05, 0.1) is 17.0 Å². The number of hydrogen-bond donors (Lipinski definition) is 2. The zero-order valence-electron chi connectivity index (χ0n) is 19.7. The molecule has 2 aromatic carbocycles. The SMILES string of the molecule is Cc1ccc(C2NS(=O)(=O)N(CCC(C)(C)C(=O)O)C=C2C(=O)OCc2ccc(Cl)cc2Cl)c(Cl)c1. The van der Waals surface area contributed by atoms with Gasteiger partial charge in [-0.05, 0) is 56.5 Å². The van der Waals surface area contributed by atoms with E-state index in [1.54, 1.807) is 30.3 Å². The summed E-state index contributed by atoms with van der Waals surface area (Å²) >= 11 is 18.5. The summed E-state index contributed by atoms with van der Waals surface area (Å²) in [6.07, 6.45) is 1.16. The third-order valence-electron chi connectivity index (χ3n) is 5.78. The highest BCUT2D eigenvalue weighted by molar-refractivity contribution is 7.87.